The van der Waals surface area contributed by atoms with E-state index in [-0.39, 0.29) is 0 Å². The van der Waals surface area contributed by atoms with Gasteiger partial charge < -0.3 is 10.2 Å². The highest BCUT2D eigenvalue weighted by molar-refractivity contribution is 6.32. The van der Waals surface area contributed by atoms with E-state index in [1.54, 1.807) is 6.20 Å². The number of hydrogen-bond donors (Lipinski definition) is 1. The van der Waals surface area contributed by atoms with Crippen LogP contribution >= 0.6 is 11.6 Å². The summed E-state index contributed by atoms with van der Waals surface area (Å²) in [6.07, 6.45) is 4.96. The van der Waals surface area contributed by atoms with Gasteiger partial charge in [-0.25, -0.2) is 0 Å². The third-order valence-corrected chi connectivity index (χ3v) is 3.35. The van der Waals surface area contributed by atoms with E-state index in [9.17, 15) is 0 Å². The Morgan fingerprint density at radius 1 is 1.50 bits per heavy atom. The normalized spacial score (nSPS) is 12.7. The van der Waals surface area contributed by atoms with Crippen molar-refractivity contribution in [3.05, 3.63) is 23.0 Å². The lowest BCUT2D eigenvalue weighted by Crippen LogP contribution is -2.23. The molecule has 0 amide bonds. The average molecular weight is 299 g/mol. The molecule has 1 rings (SSSR count). The molecule has 0 unspecified atom stereocenters. The van der Waals surface area contributed by atoms with E-state index in [2.05, 4.69) is 56.3 Å². The number of hydrogen-bond acceptors (Lipinski definition) is 3. The van der Waals surface area contributed by atoms with Crippen molar-refractivity contribution in [2.24, 2.45) is 0 Å². The van der Waals surface area contributed by atoms with Crippen LogP contribution in [0.25, 0.3) is 5.57 Å². The molecular weight excluding hydrogens is 272 g/mol. The molecule has 0 saturated heterocycles. The van der Waals surface area contributed by atoms with Crippen LogP contribution in [0.1, 0.15) is 32.9 Å². The Kier molecular flexibility index (Phi) is 7.27. The molecule has 0 fully saturated rings. The number of nitrogens with zero attached hydrogens (tertiary/aromatic N) is 3. The minimum absolute atomic E-state index is 0.526. The molecule has 0 bridgehead atoms. The van der Waals surface area contributed by atoms with Crippen molar-refractivity contribution in [1.29, 1.82) is 0 Å². The fourth-order valence-corrected chi connectivity index (χ4v) is 2.27. The van der Waals surface area contributed by atoms with Crippen molar-refractivity contribution < 1.29 is 0 Å². The van der Waals surface area contributed by atoms with Crippen molar-refractivity contribution in [3.63, 3.8) is 0 Å². The van der Waals surface area contributed by atoms with Crippen LogP contribution in [0.2, 0.25) is 5.02 Å². The van der Waals surface area contributed by atoms with Gasteiger partial charge in [-0.05, 0) is 39.6 Å². The molecule has 1 N–H and O–H groups in total. The first-order valence-electron chi connectivity index (χ1n) is 7.18. The van der Waals surface area contributed by atoms with Crippen LogP contribution < -0.4 is 5.32 Å². The standard InChI is InChI=1S/C15H27ClN4/c1-12(2)17-8-6-7-13(3)15-14(16)11-18-20(15)10-9-19(4)5/h7,11-12,17H,6,8-10H2,1-5H3/b13-7-. The summed E-state index contributed by atoms with van der Waals surface area (Å²) in [6, 6.07) is 0.526. The highest BCUT2D eigenvalue weighted by Crippen LogP contribution is 2.23. The van der Waals surface area contributed by atoms with Crippen LogP contribution in [0.5, 0.6) is 0 Å². The Hall–Kier alpha value is -0.840. The van der Waals surface area contributed by atoms with Gasteiger partial charge in [-0.2, -0.15) is 5.10 Å². The van der Waals surface area contributed by atoms with E-state index in [0.717, 1.165) is 36.8 Å². The van der Waals surface area contributed by atoms with Crippen molar-refractivity contribution in [3.8, 4) is 0 Å². The maximum absolute atomic E-state index is 6.26. The van der Waals surface area contributed by atoms with Crippen LogP contribution in [0, 0.1) is 0 Å². The lowest BCUT2D eigenvalue weighted by molar-refractivity contribution is 0.372. The van der Waals surface area contributed by atoms with Crippen molar-refractivity contribution >= 4 is 17.2 Å². The maximum Gasteiger partial charge on any atom is 0.0862 e. The summed E-state index contributed by atoms with van der Waals surface area (Å²) in [5.41, 5.74) is 2.23. The van der Waals surface area contributed by atoms with E-state index in [4.69, 9.17) is 11.6 Å². The number of halogens is 1. The van der Waals surface area contributed by atoms with Gasteiger partial charge in [0.1, 0.15) is 0 Å². The third kappa shape index (κ3) is 5.65. The summed E-state index contributed by atoms with van der Waals surface area (Å²) in [4.78, 5) is 2.14. The summed E-state index contributed by atoms with van der Waals surface area (Å²) in [5.74, 6) is 0. The Balaban J connectivity index is 2.68. The van der Waals surface area contributed by atoms with E-state index >= 15 is 0 Å². The molecule has 0 aliphatic heterocycles. The molecule has 0 aliphatic rings. The highest BCUT2D eigenvalue weighted by atomic mass is 35.5. The van der Waals surface area contributed by atoms with Gasteiger partial charge in [0.25, 0.3) is 0 Å². The van der Waals surface area contributed by atoms with Crippen LogP contribution in [-0.4, -0.2) is 47.9 Å². The van der Waals surface area contributed by atoms with E-state index in [0.29, 0.717) is 6.04 Å². The molecule has 0 aromatic carbocycles. The van der Waals surface area contributed by atoms with Crippen LogP contribution in [-0.2, 0) is 6.54 Å². The molecule has 0 aliphatic carbocycles. The molecule has 20 heavy (non-hydrogen) atoms. The summed E-state index contributed by atoms with van der Waals surface area (Å²) < 4.78 is 1.99. The zero-order valence-electron chi connectivity index (χ0n) is 13.3. The smallest absolute Gasteiger partial charge is 0.0862 e. The third-order valence-electron chi connectivity index (χ3n) is 3.07. The maximum atomic E-state index is 6.26. The lowest BCUT2D eigenvalue weighted by Gasteiger charge is -2.13. The molecule has 4 nitrogen and oxygen atoms in total. The second-order valence-electron chi connectivity index (χ2n) is 5.65. The van der Waals surface area contributed by atoms with Gasteiger partial charge in [-0.1, -0.05) is 31.5 Å². The summed E-state index contributed by atoms with van der Waals surface area (Å²) in [6.45, 7) is 9.20. The summed E-state index contributed by atoms with van der Waals surface area (Å²) >= 11 is 6.26. The molecule has 1 aromatic rings. The minimum Gasteiger partial charge on any atom is -0.314 e. The molecule has 0 spiro atoms. The van der Waals surface area contributed by atoms with Gasteiger partial charge in [0, 0.05) is 12.6 Å². The van der Waals surface area contributed by atoms with Gasteiger partial charge >= 0.3 is 0 Å². The zero-order valence-corrected chi connectivity index (χ0v) is 14.0. The van der Waals surface area contributed by atoms with Gasteiger partial charge in [-0.3, -0.25) is 4.68 Å². The molecule has 1 heterocycles. The first kappa shape index (κ1) is 17.2. The molecule has 0 saturated carbocycles. The average Bonchev–Trinajstić information content (AvgIpc) is 2.73. The largest absolute Gasteiger partial charge is 0.314 e. The lowest BCUT2D eigenvalue weighted by atomic mass is 10.1. The zero-order chi connectivity index (χ0) is 15.1. The SMILES string of the molecule is C/C(=C/CCNC(C)C)c1c(Cl)cnn1CCN(C)C. The van der Waals surface area contributed by atoms with E-state index in [1.807, 2.05) is 4.68 Å². The van der Waals surface area contributed by atoms with Gasteiger partial charge in [-0.15, -0.1) is 0 Å². The van der Waals surface area contributed by atoms with E-state index in [1.165, 1.54) is 5.57 Å². The summed E-state index contributed by atoms with van der Waals surface area (Å²) in [7, 11) is 4.12. The van der Waals surface area contributed by atoms with Crippen molar-refractivity contribution in [2.75, 3.05) is 27.2 Å². The predicted molar refractivity (Wildman–Crippen MR) is 87.2 cm³/mol. The fraction of sp³-hybridized carbons (Fsp3) is 0.667. The van der Waals surface area contributed by atoms with Crippen LogP contribution in [0.15, 0.2) is 12.3 Å². The molecule has 1 aromatic heterocycles. The summed E-state index contributed by atoms with van der Waals surface area (Å²) in [5, 5.41) is 8.51. The van der Waals surface area contributed by atoms with Crippen molar-refractivity contribution in [2.45, 2.75) is 39.8 Å². The molecule has 5 heteroatoms. The second-order valence-corrected chi connectivity index (χ2v) is 6.06. The molecule has 0 radical (unpaired) electrons. The van der Waals surface area contributed by atoms with E-state index < -0.39 is 0 Å². The van der Waals surface area contributed by atoms with Gasteiger partial charge in [0.05, 0.1) is 23.5 Å². The monoisotopic (exact) mass is 298 g/mol. The number of allylic oxidation sites excluding steroid dienone is 1. The topological polar surface area (TPSA) is 33.1 Å². The Labute approximate surface area is 127 Å². The Morgan fingerprint density at radius 3 is 2.80 bits per heavy atom. The first-order valence-corrected chi connectivity index (χ1v) is 7.56. The van der Waals surface area contributed by atoms with Gasteiger partial charge in [0.2, 0.25) is 0 Å². The molecule has 114 valence electrons. The van der Waals surface area contributed by atoms with Crippen LogP contribution in [0.3, 0.4) is 0 Å². The predicted octanol–water partition coefficient (Wildman–Crippen LogP) is 2.89. The number of aromatic nitrogens is 2. The first-order chi connectivity index (χ1) is 9.41. The highest BCUT2D eigenvalue weighted by Gasteiger charge is 2.10. The van der Waals surface area contributed by atoms with Crippen LogP contribution in [0.4, 0.5) is 0 Å². The Bertz CT molecular complexity index is 435. The fourth-order valence-electron chi connectivity index (χ4n) is 1.98. The second kappa shape index (κ2) is 8.45. The molecular formula is C15H27ClN4. The number of rotatable bonds is 8. The number of likely N-dealkylation sites (N-methyl/N-ethyl adjacent to an activating group) is 1. The van der Waals surface area contributed by atoms with Gasteiger partial charge in [0.15, 0.2) is 0 Å². The quantitative estimate of drug-likeness (QED) is 0.749. The number of nitrogens with one attached hydrogen (secondary N) is 1. The van der Waals surface area contributed by atoms with Crippen molar-refractivity contribution in [1.82, 2.24) is 20.0 Å². The Morgan fingerprint density at radius 2 is 2.20 bits per heavy atom. The molecule has 0 atom stereocenters. The minimum atomic E-state index is 0.526.